The second-order valence-corrected chi connectivity index (χ2v) is 4.66. The maximum Gasteiger partial charge on any atom is 0.0581 e. The van der Waals surface area contributed by atoms with E-state index in [4.69, 9.17) is 9.47 Å². The van der Waals surface area contributed by atoms with E-state index in [1.54, 1.807) is 14.2 Å². The van der Waals surface area contributed by atoms with Crippen molar-refractivity contribution in [3.8, 4) is 0 Å². The Kier molecular flexibility index (Phi) is 3.62. The number of methoxy groups -OCH3 is 2. The molecule has 0 saturated carbocycles. The van der Waals surface area contributed by atoms with Gasteiger partial charge in [-0.05, 0) is 30.4 Å². The van der Waals surface area contributed by atoms with Crippen LogP contribution in [0.3, 0.4) is 0 Å². The standard InChI is InChI=1S/C14H20O2/c1-15-10-14(11-16-2)9-5-7-12-6-3-4-8-13(12)14/h3-4,6,8H,5,7,9-11H2,1-2H3. The Morgan fingerprint density at radius 1 is 1.12 bits per heavy atom. The third-order valence-corrected chi connectivity index (χ3v) is 3.53. The zero-order valence-corrected chi connectivity index (χ0v) is 10.2. The number of hydrogen-bond donors (Lipinski definition) is 0. The van der Waals surface area contributed by atoms with Crippen molar-refractivity contribution in [1.82, 2.24) is 0 Å². The van der Waals surface area contributed by atoms with Crippen LogP contribution in [0.15, 0.2) is 24.3 Å². The van der Waals surface area contributed by atoms with Gasteiger partial charge in [-0.1, -0.05) is 24.3 Å². The Labute approximate surface area is 97.6 Å². The summed E-state index contributed by atoms with van der Waals surface area (Å²) in [6.45, 7) is 1.50. The Morgan fingerprint density at radius 2 is 1.81 bits per heavy atom. The maximum absolute atomic E-state index is 5.41. The topological polar surface area (TPSA) is 18.5 Å². The predicted octanol–water partition coefficient (Wildman–Crippen LogP) is 2.55. The fourth-order valence-electron chi connectivity index (χ4n) is 2.90. The van der Waals surface area contributed by atoms with Crippen molar-refractivity contribution >= 4 is 0 Å². The number of ether oxygens (including phenoxy) is 2. The number of fused-ring (bicyclic) bond motifs is 1. The van der Waals surface area contributed by atoms with Crippen molar-refractivity contribution in [3.63, 3.8) is 0 Å². The van der Waals surface area contributed by atoms with Crippen LogP contribution in [-0.4, -0.2) is 27.4 Å². The fraction of sp³-hybridized carbons (Fsp3) is 0.571. The Hall–Kier alpha value is -0.860. The summed E-state index contributed by atoms with van der Waals surface area (Å²) in [6, 6.07) is 8.69. The van der Waals surface area contributed by atoms with Crippen molar-refractivity contribution in [2.24, 2.45) is 0 Å². The first-order chi connectivity index (χ1) is 7.82. The molecule has 0 unspecified atom stereocenters. The van der Waals surface area contributed by atoms with E-state index in [1.165, 1.54) is 24.0 Å². The fourth-order valence-corrected chi connectivity index (χ4v) is 2.90. The van der Waals surface area contributed by atoms with Gasteiger partial charge in [-0.2, -0.15) is 0 Å². The molecule has 0 heterocycles. The molecule has 0 radical (unpaired) electrons. The van der Waals surface area contributed by atoms with Gasteiger partial charge in [0, 0.05) is 19.6 Å². The molecule has 2 nitrogen and oxygen atoms in total. The van der Waals surface area contributed by atoms with Crippen LogP contribution in [-0.2, 0) is 21.3 Å². The van der Waals surface area contributed by atoms with Gasteiger partial charge in [0.2, 0.25) is 0 Å². The van der Waals surface area contributed by atoms with Gasteiger partial charge in [0.25, 0.3) is 0 Å². The van der Waals surface area contributed by atoms with Crippen LogP contribution in [0.25, 0.3) is 0 Å². The third kappa shape index (κ3) is 2.00. The lowest BCUT2D eigenvalue weighted by Gasteiger charge is -2.38. The van der Waals surface area contributed by atoms with Gasteiger partial charge in [-0.3, -0.25) is 0 Å². The van der Waals surface area contributed by atoms with Gasteiger partial charge in [0.1, 0.15) is 0 Å². The third-order valence-electron chi connectivity index (χ3n) is 3.53. The zero-order chi connectivity index (χ0) is 11.4. The summed E-state index contributed by atoms with van der Waals surface area (Å²) >= 11 is 0. The van der Waals surface area contributed by atoms with E-state index in [9.17, 15) is 0 Å². The van der Waals surface area contributed by atoms with E-state index in [1.807, 2.05) is 0 Å². The summed E-state index contributed by atoms with van der Waals surface area (Å²) in [7, 11) is 3.54. The van der Waals surface area contributed by atoms with Crippen LogP contribution < -0.4 is 0 Å². The predicted molar refractivity (Wildman–Crippen MR) is 64.8 cm³/mol. The van der Waals surface area contributed by atoms with Crippen LogP contribution in [0.5, 0.6) is 0 Å². The quantitative estimate of drug-likeness (QED) is 0.776. The maximum atomic E-state index is 5.41. The average molecular weight is 220 g/mol. The highest BCUT2D eigenvalue weighted by Gasteiger charge is 2.36. The van der Waals surface area contributed by atoms with Crippen molar-refractivity contribution in [2.75, 3.05) is 27.4 Å². The molecule has 1 aliphatic carbocycles. The highest BCUT2D eigenvalue weighted by molar-refractivity contribution is 5.37. The van der Waals surface area contributed by atoms with Crippen LogP contribution >= 0.6 is 0 Å². The van der Waals surface area contributed by atoms with Gasteiger partial charge in [-0.25, -0.2) is 0 Å². The molecule has 0 N–H and O–H groups in total. The van der Waals surface area contributed by atoms with E-state index in [0.29, 0.717) is 0 Å². The molecular weight excluding hydrogens is 200 g/mol. The highest BCUT2D eigenvalue weighted by atomic mass is 16.5. The van der Waals surface area contributed by atoms with Gasteiger partial charge in [-0.15, -0.1) is 0 Å². The molecule has 88 valence electrons. The first kappa shape index (κ1) is 11.6. The second kappa shape index (κ2) is 4.98. The normalized spacial score (nSPS) is 18.1. The smallest absolute Gasteiger partial charge is 0.0581 e. The van der Waals surface area contributed by atoms with Crippen LogP contribution in [0.2, 0.25) is 0 Å². The number of hydrogen-bond acceptors (Lipinski definition) is 2. The SMILES string of the molecule is COCC1(COC)CCCc2ccccc21. The Balaban J connectivity index is 2.39. The molecule has 0 fully saturated rings. The van der Waals surface area contributed by atoms with E-state index in [-0.39, 0.29) is 5.41 Å². The Morgan fingerprint density at radius 3 is 2.50 bits per heavy atom. The second-order valence-electron chi connectivity index (χ2n) is 4.66. The molecule has 2 heteroatoms. The molecular formula is C14H20O2. The van der Waals surface area contributed by atoms with Crippen molar-refractivity contribution < 1.29 is 9.47 Å². The lowest BCUT2D eigenvalue weighted by Crippen LogP contribution is -2.39. The molecule has 0 amide bonds. The molecule has 0 aliphatic heterocycles. The van der Waals surface area contributed by atoms with Crippen LogP contribution in [0.1, 0.15) is 24.0 Å². The summed E-state index contributed by atoms with van der Waals surface area (Å²) in [5.41, 5.74) is 2.95. The minimum Gasteiger partial charge on any atom is -0.384 e. The van der Waals surface area contributed by atoms with Crippen LogP contribution in [0, 0.1) is 0 Å². The lowest BCUT2D eigenvalue weighted by atomic mass is 9.71. The summed E-state index contributed by atoms with van der Waals surface area (Å²) < 4.78 is 10.8. The molecule has 16 heavy (non-hydrogen) atoms. The van der Waals surface area contributed by atoms with E-state index in [2.05, 4.69) is 24.3 Å². The summed E-state index contributed by atoms with van der Waals surface area (Å²) in [5, 5.41) is 0. The highest BCUT2D eigenvalue weighted by Crippen LogP contribution is 2.37. The first-order valence-electron chi connectivity index (χ1n) is 5.89. The van der Waals surface area contributed by atoms with E-state index < -0.39 is 0 Å². The van der Waals surface area contributed by atoms with Crippen molar-refractivity contribution in [2.45, 2.75) is 24.7 Å². The molecule has 1 aromatic carbocycles. The zero-order valence-electron chi connectivity index (χ0n) is 10.2. The van der Waals surface area contributed by atoms with Crippen molar-refractivity contribution in [3.05, 3.63) is 35.4 Å². The first-order valence-corrected chi connectivity index (χ1v) is 5.89. The number of benzene rings is 1. The molecule has 0 aromatic heterocycles. The molecule has 0 atom stereocenters. The molecule has 2 rings (SSSR count). The molecule has 0 saturated heterocycles. The lowest BCUT2D eigenvalue weighted by molar-refractivity contribution is 0.0495. The molecule has 0 bridgehead atoms. The van der Waals surface area contributed by atoms with Gasteiger partial charge < -0.3 is 9.47 Å². The van der Waals surface area contributed by atoms with Gasteiger partial charge in [0.05, 0.1) is 13.2 Å². The van der Waals surface area contributed by atoms with Gasteiger partial charge in [0.15, 0.2) is 0 Å². The Bertz CT molecular complexity index is 340. The summed E-state index contributed by atoms with van der Waals surface area (Å²) in [4.78, 5) is 0. The minimum atomic E-state index is 0.0678. The number of aryl methyl sites for hydroxylation is 1. The minimum absolute atomic E-state index is 0.0678. The van der Waals surface area contributed by atoms with Crippen LogP contribution in [0.4, 0.5) is 0 Å². The molecule has 0 spiro atoms. The monoisotopic (exact) mass is 220 g/mol. The summed E-state index contributed by atoms with van der Waals surface area (Å²) in [5.74, 6) is 0. The number of rotatable bonds is 4. The van der Waals surface area contributed by atoms with E-state index >= 15 is 0 Å². The molecule has 1 aromatic rings. The average Bonchev–Trinajstić information content (AvgIpc) is 2.30. The summed E-state index contributed by atoms with van der Waals surface area (Å²) in [6.07, 6.45) is 3.57. The van der Waals surface area contributed by atoms with Gasteiger partial charge >= 0.3 is 0 Å². The van der Waals surface area contributed by atoms with E-state index in [0.717, 1.165) is 19.6 Å². The largest absolute Gasteiger partial charge is 0.384 e. The van der Waals surface area contributed by atoms with Crippen molar-refractivity contribution in [1.29, 1.82) is 0 Å². The molecule has 1 aliphatic rings.